The molecule has 5 nitrogen and oxygen atoms in total. The highest BCUT2D eigenvalue weighted by atomic mass is 19.4. The van der Waals surface area contributed by atoms with Gasteiger partial charge in [-0.15, -0.1) is 0 Å². The van der Waals surface area contributed by atoms with Crippen molar-refractivity contribution in [2.24, 2.45) is 7.05 Å². The maximum Gasteiger partial charge on any atom is 0.416 e. The number of ketones is 1. The maximum absolute atomic E-state index is 12.7. The van der Waals surface area contributed by atoms with Gasteiger partial charge in [-0.2, -0.15) is 13.2 Å². The molecular weight excluding hydrogens is 383 g/mol. The van der Waals surface area contributed by atoms with Crippen LogP contribution in [-0.4, -0.2) is 58.8 Å². The Morgan fingerprint density at radius 2 is 1.59 bits per heavy atom. The molecule has 0 N–H and O–H groups in total. The summed E-state index contributed by atoms with van der Waals surface area (Å²) < 4.78 is 40.0. The first-order valence-electron chi connectivity index (χ1n) is 9.43. The SMILES string of the molecule is Cc1cc(C(=O)CN2CCN(C(=O)c3ccc(C(F)(F)F)cc3)CC2)c(C)n1C. The minimum atomic E-state index is -4.42. The van der Waals surface area contributed by atoms with Crippen molar-refractivity contribution in [1.82, 2.24) is 14.4 Å². The van der Waals surface area contributed by atoms with Crippen LogP contribution in [-0.2, 0) is 13.2 Å². The average Bonchev–Trinajstić information content (AvgIpc) is 2.95. The van der Waals surface area contributed by atoms with Gasteiger partial charge in [-0.3, -0.25) is 14.5 Å². The first-order valence-corrected chi connectivity index (χ1v) is 9.43. The lowest BCUT2D eigenvalue weighted by Gasteiger charge is -2.34. The summed E-state index contributed by atoms with van der Waals surface area (Å²) in [7, 11) is 1.92. The summed E-state index contributed by atoms with van der Waals surface area (Å²) in [6.45, 7) is 6.11. The molecule has 0 unspecified atom stereocenters. The molecule has 156 valence electrons. The first-order chi connectivity index (χ1) is 13.6. The molecule has 0 saturated carbocycles. The number of rotatable bonds is 4. The number of aromatic nitrogens is 1. The van der Waals surface area contributed by atoms with Crippen LogP contribution >= 0.6 is 0 Å². The third-order valence-corrected chi connectivity index (χ3v) is 5.56. The monoisotopic (exact) mass is 407 g/mol. The highest BCUT2D eigenvalue weighted by molar-refractivity contribution is 5.99. The number of nitrogens with zero attached hydrogens (tertiary/aromatic N) is 3. The first kappa shape index (κ1) is 21.1. The summed E-state index contributed by atoms with van der Waals surface area (Å²) in [4.78, 5) is 28.8. The van der Waals surface area contributed by atoms with Crippen molar-refractivity contribution in [3.63, 3.8) is 0 Å². The van der Waals surface area contributed by atoms with Crippen molar-refractivity contribution in [3.05, 3.63) is 58.4 Å². The van der Waals surface area contributed by atoms with E-state index in [1.54, 1.807) is 4.90 Å². The smallest absolute Gasteiger partial charge is 0.351 e. The fraction of sp³-hybridized carbons (Fsp3) is 0.429. The van der Waals surface area contributed by atoms with Gasteiger partial charge in [-0.1, -0.05) is 0 Å². The second-order valence-electron chi connectivity index (χ2n) is 7.41. The van der Waals surface area contributed by atoms with E-state index in [2.05, 4.69) is 0 Å². The van der Waals surface area contributed by atoms with Crippen molar-refractivity contribution in [2.45, 2.75) is 20.0 Å². The van der Waals surface area contributed by atoms with Gasteiger partial charge in [-0.25, -0.2) is 0 Å². The highest BCUT2D eigenvalue weighted by Gasteiger charge is 2.31. The Hall–Kier alpha value is -2.61. The number of piperazine rings is 1. The summed E-state index contributed by atoms with van der Waals surface area (Å²) in [6, 6.07) is 6.16. The lowest BCUT2D eigenvalue weighted by molar-refractivity contribution is -0.137. The van der Waals surface area contributed by atoms with E-state index in [1.165, 1.54) is 12.1 Å². The van der Waals surface area contributed by atoms with E-state index in [9.17, 15) is 22.8 Å². The molecule has 0 spiro atoms. The fourth-order valence-corrected chi connectivity index (χ4v) is 3.52. The number of Topliss-reactive ketones (excluding diaryl/α,β-unsaturated/α-hetero) is 1. The van der Waals surface area contributed by atoms with Crippen molar-refractivity contribution in [3.8, 4) is 0 Å². The number of hydrogen-bond donors (Lipinski definition) is 0. The van der Waals surface area contributed by atoms with Crippen LogP contribution in [0.25, 0.3) is 0 Å². The van der Waals surface area contributed by atoms with E-state index in [0.29, 0.717) is 31.7 Å². The number of amides is 1. The van der Waals surface area contributed by atoms with Gasteiger partial charge < -0.3 is 9.47 Å². The van der Waals surface area contributed by atoms with Gasteiger partial charge in [-0.05, 0) is 44.2 Å². The third kappa shape index (κ3) is 4.53. The van der Waals surface area contributed by atoms with Gasteiger partial charge in [0.2, 0.25) is 0 Å². The summed E-state index contributed by atoms with van der Waals surface area (Å²) in [5, 5.41) is 0. The highest BCUT2D eigenvalue weighted by Crippen LogP contribution is 2.29. The van der Waals surface area contributed by atoms with Gasteiger partial charge in [0.25, 0.3) is 5.91 Å². The lowest BCUT2D eigenvalue weighted by atomic mass is 10.1. The van der Waals surface area contributed by atoms with E-state index in [0.717, 1.165) is 23.5 Å². The summed E-state index contributed by atoms with van der Waals surface area (Å²) >= 11 is 0. The molecule has 1 fully saturated rings. The Bertz CT molecular complexity index is 908. The zero-order valence-electron chi connectivity index (χ0n) is 16.7. The van der Waals surface area contributed by atoms with Crippen LogP contribution in [0.1, 0.15) is 37.7 Å². The van der Waals surface area contributed by atoms with Crippen molar-refractivity contribution in [2.75, 3.05) is 32.7 Å². The largest absolute Gasteiger partial charge is 0.416 e. The molecule has 1 aliphatic heterocycles. The molecule has 29 heavy (non-hydrogen) atoms. The second-order valence-corrected chi connectivity index (χ2v) is 7.41. The lowest BCUT2D eigenvalue weighted by Crippen LogP contribution is -2.49. The summed E-state index contributed by atoms with van der Waals surface area (Å²) in [5.41, 5.74) is 2.14. The van der Waals surface area contributed by atoms with E-state index in [-0.39, 0.29) is 23.8 Å². The summed E-state index contributed by atoms with van der Waals surface area (Å²) in [6.07, 6.45) is -4.42. The number of aryl methyl sites for hydroxylation is 1. The Kier molecular flexibility index (Phi) is 5.84. The quantitative estimate of drug-likeness (QED) is 0.731. The zero-order chi connectivity index (χ0) is 21.3. The van der Waals surface area contributed by atoms with Crippen LogP contribution in [0.15, 0.2) is 30.3 Å². The molecule has 1 aromatic carbocycles. The number of carbonyl (C=O) groups excluding carboxylic acids is 2. The van der Waals surface area contributed by atoms with Gasteiger partial charge >= 0.3 is 6.18 Å². The van der Waals surface area contributed by atoms with E-state index in [4.69, 9.17) is 0 Å². The number of benzene rings is 1. The van der Waals surface area contributed by atoms with Gasteiger partial charge in [0, 0.05) is 55.7 Å². The average molecular weight is 407 g/mol. The molecule has 1 aromatic heterocycles. The van der Waals surface area contributed by atoms with Crippen LogP contribution < -0.4 is 0 Å². The summed E-state index contributed by atoms with van der Waals surface area (Å²) in [5.74, 6) is -0.243. The van der Waals surface area contributed by atoms with Crippen LogP contribution in [0, 0.1) is 13.8 Å². The standard InChI is InChI=1S/C21H24F3N3O2/c1-14-12-18(15(2)25(14)3)19(28)13-26-8-10-27(11-9-26)20(29)16-4-6-17(7-5-16)21(22,23)24/h4-7,12H,8-11,13H2,1-3H3. The normalized spacial score (nSPS) is 15.6. The van der Waals surface area contributed by atoms with Gasteiger partial charge in [0.1, 0.15) is 0 Å². The fourth-order valence-electron chi connectivity index (χ4n) is 3.52. The number of alkyl halides is 3. The molecule has 2 heterocycles. The molecule has 1 aliphatic rings. The Labute approximate surface area is 167 Å². The Morgan fingerprint density at radius 1 is 1.00 bits per heavy atom. The zero-order valence-corrected chi connectivity index (χ0v) is 16.7. The number of hydrogen-bond acceptors (Lipinski definition) is 3. The minimum Gasteiger partial charge on any atom is -0.351 e. The van der Waals surface area contributed by atoms with Crippen molar-refractivity contribution < 1.29 is 22.8 Å². The van der Waals surface area contributed by atoms with E-state index >= 15 is 0 Å². The molecule has 0 aliphatic carbocycles. The molecule has 2 aromatic rings. The topological polar surface area (TPSA) is 45.6 Å². The Balaban J connectivity index is 1.56. The Morgan fingerprint density at radius 3 is 2.07 bits per heavy atom. The second kappa shape index (κ2) is 8.02. The molecule has 1 saturated heterocycles. The predicted molar refractivity (Wildman–Crippen MR) is 103 cm³/mol. The molecule has 0 radical (unpaired) electrons. The van der Waals surface area contributed by atoms with Crippen LogP contribution in [0.3, 0.4) is 0 Å². The number of halogens is 3. The van der Waals surface area contributed by atoms with Crippen molar-refractivity contribution >= 4 is 11.7 Å². The number of carbonyl (C=O) groups is 2. The van der Waals surface area contributed by atoms with Gasteiger partial charge in [0.15, 0.2) is 5.78 Å². The minimum absolute atomic E-state index is 0.0497. The molecule has 1 amide bonds. The molecular formula is C21H24F3N3O2. The molecule has 0 atom stereocenters. The van der Waals surface area contributed by atoms with E-state index < -0.39 is 11.7 Å². The van der Waals surface area contributed by atoms with Crippen LogP contribution in [0.5, 0.6) is 0 Å². The van der Waals surface area contributed by atoms with Gasteiger partial charge in [0.05, 0.1) is 12.1 Å². The maximum atomic E-state index is 12.7. The van der Waals surface area contributed by atoms with Crippen LogP contribution in [0.4, 0.5) is 13.2 Å². The molecule has 3 rings (SSSR count). The van der Waals surface area contributed by atoms with Crippen molar-refractivity contribution in [1.29, 1.82) is 0 Å². The van der Waals surface area contributed by atoms with E-state index in [1.807, 2.05) is 36.4 Å². The van der Waals surface area contributed by atoms with Crippen LogP contribution in [0.2, 0.25) is 0 Å². The predicted octanol–water partition coefficient (Wildman–Crippen LogP) is 3.30. The molecule has 8 heteroatoms. The third-order valence-electron chi connectivity index (χ3n) is 5.56. The molecule has 0 bridgehead atoms.